The molecule has 1 aliphatic heterocycles. The van der Waals surface area contributed by atoms with Crippen molar-refractivity contribution >= 4 is 28.6 Å². The lowest BCUT2D eigenvalue weighted by Crippen LogP contribution is -2.29. The number of nitrogens with one attached hydrogen (secondary N) is 1. The summed E-state index contributed by atoms with van der Waals surface area (Å²) in [5, 5.41) is 5.14. The number of benzene rings is 2. The molecule has 31 heavy (non-hydrogen) atoms. The van der Waals surface area contributed by atoms with Gasteiger partial charge in [-0.1, -0.05) is 31.9 Å². The minimum Gasteiger partial charge on any atom is -0.482 e. The average molecular weight is 434 g/mol. The molecule has 1 saturated carbocycles. The first-order valence-electron chi connectivity index (χ1n) is 11.0. The molecule has 2 atom stereocenters. The number of carbonyl (C=O) groups is 1. The van der Waals surface area contributed by atoms with Gasteiger partial charge in [0.2, 0.25) is 0 Å². The number of aromatic nitrogens is 1. The molecule has 0 saturated heterocycles. The van der Waals surface area contributed by atoms with Gasteiger partial charge in [-0.2, -0.15) is 0 Å². The van der Waals surface area contributed by atoms with E-state index in [1.807, 2.05) is 12.1 Å². The fourth-order valence-corrected chi connectivity index (χ4v) is 5.64. The highest BCUT2D eigenvalue weighted by atomic mass is 32.1. The Morgan fingerprint density at radius 3 is 2.87 bits per heavy atom. The molecule has 2 aliphatic rings. The molecule has 2 unspecified atom stereocenters. The molecule has 0 bridgehead atoms. The molecule has 5 rings (SSSR count). The first-order valence-corrected chi connectivity index (χ1v) is 11.8. The molecule has 1 aromatic heterocycles. The van der Waals surface area contributed by atoms with Crippen molar-refractivity contribution in [2.75, 3.05) is 11.9 Å². The first-order chi connectivity index (χ1) is 15.1. The first kappa shape index (κ1) is 20.1. The lowest BCUT2D eigenvalue weighted by molar-refractivity contribution is -0.118. The van der Waals surface area contributed by atoms with E-state index in [1.54, 1.807) is 11.3 Å². The number of anilines is 1. The largest absolute Gasteiger partial charge is 0.482 e. The lowest BCUT2D eigenvalue weighted by Gasteiger charge is -2.31. The molecule has 0 radical (unpaired) electrons. The predicted molar refractivity (Wildman–Crippen MR) is 125 cm³/mol. The van der Waals surface area contributed by atoms with Crippen molar-refractivity contribution in [2.45, 2.75) is 45.6 Å². The van der Waals surface area contributed by atoms with Crippen LogP contribution in [0.4, 0.5) is 11.4 Å². The number of ether oxygens (including phenoxy) is 1. The molecule has 1 amide bonds. The second kappa shape index (κ2) is 8.35. The van der Waals surface area contributed by atoms with Gasteiger partial charge in [-0.05, 0) is 61.6 Å². The van der Waals surface area contributed by atoms with Crippen molar-refractivity contribution in [1.82, 2.24) is 4.57 Å². The molecular formula is C25H27N3O2S. The maximum absolute atomic E-state index is 11.8. The van der Waals surface area contributed by atoms with Crippen molar-refractivity contribution < 1.29 is 9.53 Å². The third-order valence-corrected chi connectivity index (χ3v) is 7.11. The number of hydrogen-bond acceptors (Lipinski definition) is 4. The Hall–Kier alpha value is -2.86. The van der Waals surface area contributed by atoms with Crippen LogP contribution in [0, 0.1) is 12.8 Å². The van der Waals surface area contributed by atoms with E-state index < -0.39 is 0 Å². The molecule has 6 heteroatoms. The van der Waals surface area contributed by atoms with Gasteiger partial charge in [-0.25, -0.2) is 4.99 Å². The van der Waals surface area contributed by atoms with Crippen LogP contribution in [0.5, 0.6) is 5.75 Å². The Bertz CT molecular complexity index is 1190. The zero-order valence-corrected chi connectivity index (χ0v) is 18.7. The van der Waals surface area contributed by atoms with E-state index in [2.05, 4.69) is 59.4 Å². The normalized spacial score (nSPS) is 21.4. The highest BCUT2D eigenvalue weighted by Gasteiger charge is 2.27. The molecule has 0 spiro atoms. The third-order valence-electron chi connectivity index (χ3n) is 6.27. The summed E-state index contributed by atoms with van der Waals surface area (Å²) in [5.41, 5.74) is 5.15. The second-order valence-corrected chi connectivity index (χ2v) is 9.44. The molecule has 2 heterocycles. The Labute approximate surface area is 186 Å². The van der Waals surface area contributed by atoms with Crippen LogP contribution in [0.3, 0.4) is 0 Å². The van der Waals surface area contributed by atoms with Gasteiger partial charge >= 0.3 is 0 Å². The van der Waals surface area contributed by atoms with Gasteiger partial charge in [0.05, 0.1) is 17.1 Å². The van der Waals surface area contributed by atoms with Crippen LogP contribution < -0.4 is 14.9 Å². The molecule has 5 nitrogen and oxygen atoms in total. The van der Waals surface area contributed by atoms with E-state index in [9.17, 15) is 4.79 Å². The van der Waals surface area contributed by atoms with Gasteiger partial charge < -0.3 is 14.6 Å². The summed E-state index contributed by atoms with van der Waals surface area (Å²) < 4.78 is 7.99. The van der Waals surface area contributed by atoms with Crippen LogP contribution >= 0.6 is 11.3 Å². The van der Waals surface area contributed by atoms with Crippen LogP contribution in [-0.4, -0.2) is 17.1 Å². The van der Waals surface area contributed by atoms with Crippen LogP contribution in [0.1, 0.15) is 44.2 Å². The fraction of sp³-hybridized carbons (Fsp3) is 0.360. The Kier molecular flexibility index (Phi) is 5.40. The van der Waals surface area contributed by atoms with Crippen LogP contribution in [0.2, 0.25) is 0 Å². The van der Waals surface area contributed by atoms with Crippen molar-refractivity contribution in [3.63, 3.8) is 0 Å². The number of thiazole rings is 1. The summed E-state index contributed by atoms with van der Waals surface area (Å²) in [5.74, 6) is 1.21. The number of amides is 1. The van der Waals surface area contributed by atoms with Crippen LogP contribution in [-0.2, 0) is 4.79 Å². The quantitative estimate of drug-likeness (QED) is 0.564. The number of carbonyl (C=O) groups excluding carboxylic acids is 1. The fourth-order valence-electron chi connectivity index (χ4n) is 4.66. The second-order valence-electron chi connectivity index (χ2n) is 8.60. The maximum atomic E-state index is 11.8. The SMILES string of the molecule is Cc1cccc(N=c2scc(-c3ccc4c(c3)NC(=O)CO4)n2C2CCCCC2C)c1. The molecule has 2 aromatic carbocycles. The number of nitrogens with zero attached hydrogens (tertiary/aromatic N) is 2. The minimum atomic E-state index is -0.112. The van der Waals surface area contributed by atoms with E-state index in [0.717, 1.165) is 39.6 Å². The monoisotopic (exact) mass is 433 g/mol. The summed E-state index contributed by atoms with van der Waals surface area (Å²) in [6.45, 7) is 4.53. The molecule has 1 aliphatic carbocycles. The van der Waals surface area contributed by atoms with Gasteiger partial charge in [0, 0.05) is 17.0 Å². The highest BCUT2D eigenvalue weighted by Crippen LogP contribution is 2.38. The van der Waals surface area contributed by atoms with Crippen molar-refractivity contribution in [1.29, 1.82) is 0 Å². The van der Waals surface area contributed by atoms with Gasteiger partial charge in [-0.15, -0.1) is 11.3 Å². The summed E-state index contributed by atoms with van der Waals surface area (Å²) in [4.78, 5) is 17.9. The molecule has 160 valence electrons. The standard InChI is InChI=1S/C25H27N3O2S/c1-16-6-5-8-19(12-16)26-25-28(21-9-4-3-7-17(21)2)22(15-31-25)18-10-11-23-20(13-18)27-24(29)14-30-23/h5-6,8,10-13,15,17,21H,3-4,7,9,14H2,1-2H3,(H,27,29). The van der Waals surface area contributed by atoms with Gasteiger partial charge in [0.25, 0.3) is 5.91 Å². The summed E-state index contributed by atoms with van der Waals surface area (Å²) >= 11 is 1.68. The average Bonchev–Trinajstić information content (AvgIpc) is 3.16. The molecule has 1 fully saturated rings. The molecular weight excluding hydrogens is 406 g/mol. The number of hydrogen-bond donors (Lipinski definition) is 1. The van der Waals surface area contributed by atoms with E-state index in [-0.39, 0.29) is 12.5 Å². The Balaban J connectivity index is 1.65. The summed E-state index contributed by atoms with van der Waals surface area (Å²) in [7, 11) is 0. The topological polar surface area (TPSA) is 55.6 Å². The van der Waals surface area contributed by atoms with E-state index in [0.29, 0.717) is 12.0 Å². The Morgan fingerprint density at radius 2 is 2.03 bits per heavy atom. The third kappa shape index (κ3) is 4.04. The predicted octanol–water partition coefficient (Wildman–Crippen LogP) is 5.84. The number of aryl methyl sites for hydroxylation is 1. The van der Waals surface area contributed by atoms with Gasteiger partial charge in [0.15, 0.2) is 11.4 Å². The van der Waals surface area contributed by atoms with E-state index >= 15 is 0 Å². The van der Waals surface area contributed by atoms with Crippen molar-refractivity contribution in [2.24, 2.45) is 10.9 Å². The van der Waals surface area contributed by atoms with E-state index in [1.165, 1.54) is 24.8 Å². The molecule has 3 aromatic rings. The maximum Gasteiger partial charge on any atom is 0.262 e. The van der Waals surface area contributed by atoms with Gasteiger partial charge in [0.1, 0.15) is 5.75 Å². The number of fused-ring (bicyclic) bond motifs is 1. The lowest BCUT2D eigenvalue weighted by atomic mass is 9.85. The number of rotatable bonds is 3. The van der Waals surface area contributed by atoms with Gasteiger partial charge in [-0.3, -0.25) is 4.79 Å². The summed E-state index contributed by atoms with van der Waals surface area (Å²) in [6.07, 6.45) is 4.95. The zero-order valence-electron chi connectivity index (χ0n) is 17.9. The van der Waals surface area contributed by atoms with Crippen LogP contribution in [0.25, 0.3) is 11.3 Å². The summed E-state index contributed by atoms with van der Waals surface area (Å²) in [6, 6.07) is 14.8. The van der Waals surface area contributed by atoms with Crippen molar-refractivity contribution in [3.05, 3.63) is 58.2 Å². The smallest absolute Gasteiger partial charge is 0.262 e. The molecule has 1 N–H and O–H groups in total. The van der Waals surface area contributed by atoms with Crippen molar-refractivity contribution in [3.8, 4) is 17.0 Å². The minimum absolute atomic E-state index is 0.0733. The van der Waals surface area contributed by atoms with E-state index in [4.69, 9.17) is 9.73 Å². The van der Waals surface area contributed by atoms with Crippen LogP contribution in [0.15, 0.2) is 52.8 Å². The highest BCUT2D eigenvalue weighted by molar-refractivity contribution is 7.07. The Morgan fingerprint density at radius 1 is 1.16 bits per heavy atom. The zero-order chi connectivity index (χ0) is 21.4.